The fourth-order valence-corrected chi connectivity index (χ4v) is 1.76. The van der Waals surface area contributed by atoms with Crippen LogP contribution in [0.4, 0.5) is 4.79 Å². The lowest BCUT2D eigenvalue weighted by molar-refractivity contribution is -0.141. The summed E-state index contributed by atoms with van der Waals surface area (Å²) in [7, 11) is 0. The fourth-order valence-electron chi connectivity index (χ4n) is 1.76. The molecule has 5 heteroatoms. The Labute approximate surface area is 116 Å². The van der Waals surface area contributed by atoms with Crippen molar-refractivity contribution in [1.82, 2.24) is 10.6 Å². The smallest absolute Gasteiger partial charge is 0.315 e. The Morgan fingerprint density at radius 3 is 2.21 bits per heavy atom. The molecular formula is C14H28N2O3. The van der Waals surface area contributed by atoms with Gasteiger partial charge in [0.2, 0.25) is 0 Å². The summed E-state index contributed by atoms with van der Waals surface area (Å²) < 4.78 is 0. The van der Waals surface area contributed by atoms with Gasteiger partial charge in [-0.1, -0.05) is 32.6 Å². The lowest BCUT2D eigenvalue weighted by atomic mass is 10.0. The van der Waals surface area contributed by atoms with E-state index in [1.165, 1.54) is 19.3 Å². The summed E-state index contributed by atoms with van der Waals surface area (Å²) in [6.45, 7) is 7.42. The van der Waals surface area contributed by atoms with E-state index in [9.17, 15) is 9.59 Å². The molecule has 0 radical (unpaired) electrons. The molecule has 0 rings (SSSR count). The molecule has 0 heterocycles. The lowest BCUT2D eigenvalue weighted by Crippen LogP contribution is -2.47. The molecule has 0 spiro atoms. The first-order chi connectivity index (χ1) is 8.88. The van der Waals surface area contributed by atoms with Gasteiger partial charge in [0.05, 0.1) is 5.92 Å². The third-order valence-electron chi connectivity index (χ3n) is 3.37. The van der Waals surface area contributed by atoms with Crippen molar-refractivity contribution >= 4 is 12.0 Å². The van der Waals surface area contributed by atoms with E-state index in [0.717, 1.165) is 12.8 Å². The van der Waals surface area contributed by atoms with E-state index >= 15 is 0 Å². The zero-order valence-electron chi connectivity index (χ0n) is 12.5. The zero-order chi connectivity index (χ0) is 14.8. The van der Waals surface area contributed by atoms with Gasteiger partial charge < -0.3 is 15.7 Å². The Hall–Kier alpha value is -1.26. The number of rotatable bonds is 9. The van der Waals surface area contributed by atoms with Crippen LogP contribution in [0.2, 0.25) is 0 Å². The van der Waals surface area contributed by atoms with Crippen molar-refractivity contribution in [3.05, 3.63) is 0 Å². The molecule has 0 fully saturated rings. The van der Waals surface area contributed by atoms with Crippen LogP contribution in [-0.4, -0.2) is 29.2 Å². The topological polar surface area (TPSA) is 78.4 Å². The summed E-state index contributed by atoms with van der Waals surface area (Å²) in [6, 6.07) is -0.558. The predicted molar refractivity (Wildman–Crippen MR) is 76.2 cm³/mol. The number of unbranched alkanes of at least 4 members (excludes halogenated alkanes) is 3. The van der Waals surface area contributed by atoms with Crippen molar-refractivity contribution in [2.45, 2.75) is 71.9 Å². The summed E-state index contributed by atoms with van der Waals surface area (Å²) >= 11 is 0. The molecule has 0 bridgehead atoms. The second kappa shape index (κ2) is 9.64. The van der Waals surface area contributed by atoms with Gasteiger partial charge in [0.15, 0.2) is 0 Å². The van der Waals surface area contributed by atoms with Crippen LogP contribution in [0.5, 0.6) is 0 Å². The first-order valence-corrected chi connectivity index (χ1v) is 7.18. The van der Waals surface area contributed by atoms with Crippen molar-refractivity contribution < 1.29 is 14.7 Å². The first-order valence-electron chi connectivity index (χ1n) is 7.18. The number of aliphatic carboxylic acids is 1. The van der Waals surface area contributed by atoms with Crippen LogP contribution < -0.4 is 10.6 Å². The normalized spacial score (nSPS) is 15.4. The fraction of sp³-hybridized carbons (Fsp3) is 0.857. The molecule has 3 unspecified atom stereocenters. The third-order valence-corrected chi connectivity index (χ3v) is 3.37. The highest BCUT2D eigenvalue weighted by atomic mass is 16.4. The minimum Gasteiger partial charge on any atom is -0.481 e. The molecule has 0 saturated heterocycles. The van der Waals surface area contributed by atoms with E-state index in [2.05, 4.69) is 17.6 Å². The number of urea groups is 1. The molecule has 3 atom stereocenters. The van der Waals surface area contributed by atoms with E-state index in [4.69, 9.17) is 5.11 Å². The highest BCUT2D eigenvalue weighted by molar-refractivity contribution is 5.76. The molecule has 0 aliphatic carbocycles. The zero-order valence-corrected chi connectivity index (χ0v) is 12.5. The maximum absolute atomic E-state index is 11.7. The minimum absolute atomic E-state index is 0.115. The van der Waals surface area contributed by atoms with Crippen molar-refractivity contribution in [2.24, 2.45) is 5.92 Å². The number of carbonyl (C=O) groups is 2. The quantitative estimate of drug-likeness (QED) is 0.565. The number of amides is 2. The molecular weight excluding hydrogens is 244 g/mol. The average Bonchev–Trinajstić information content (AvgIpc) is 2.33. The number of carbonyl (C=O) groups excluding carboxylic acids is 1. The van der Waals surface area contributed by atoms with E-state index < -0.39 is 11.9 Å². The Morgan fingerprint density at radius 1 is 1.05 bits per heavy atom. The van der Waals surface area contributed by atoms with Gasteiger partial charge in [0.1, 0.15) is 0 Å². The molecule has 0 aliphatic heterocycles. The van der Waals surface area contributed by atoms with Crippen molar-refractivity contribution in [3.8, 4) is 0 Å². The van der Waals surface area contributed by atoms with Gasteiger partial charge in [0, 0.05) is 12.1 Å². The highest BCUT2D eigenvalue weighted by Crippen LogP contribution is 2.06. The van der Waals surface area contributed by atoms with Crippen LogP contribution in [0.1, 0.15) is 59.8 Å². The maximum Gasteiger partial charge on any atom is 0.315 e. The van der Waals surface area contributed by atoms with E-state index in [0.29, 0.717) is 0 Å². The standard InChI is InChI=1S/C14H28N2O3/c1-5-6-7-8-9-10(2)15-14(19)16-12(4)11(3)13(17)18/h10-12H,5-9H2,1-4H3,(H,17,18)(H2,15,16,19). The van der Waals surface area contributed by atoms with Gasteiger partial charge in [-0.25, -0.2) is 4.79 Å². The Bertz CT molecular complexity index is 282. The summed E-state index contributed by atoms with van der Waals surface area (Å²) in [6.07, 6.45) is 5.68. The van der Waals surface area contributed by atoms with Crippen LogP contribution >= 0.6 is 0 Å². The van der Waals surface area contributed by atoms with Gasteiger partial charge in [-0.2, -0.15) is 0 Å². The van der Waals surface area contributed by atoms with E-state index in [1.807, 2.05) is 6.92 Å². The van der Waals surface area contributed by atoms with E-state index in [1.54, 1.807) is 13.8 Å². The van der Waals surface area contributed by atoms with Gasteiger partial charge in [0.25, 0.3) is 0 Å². The number of carboxylic acid groups (broad SMARTS) is 1. The predicted octanol–water partition coefficient (Wildman–Crippen LogP) is 2.75. The minimum atomic E-state index is -0.902. The largest absolute Gasteiger partial charge is 0.481 e. The SMILES string of the molecule is CCCCCCC(C)NC(=O)NC(C)C(C)C(=O)O. The second-order valence-electron chi connectivity index (χ2n) is 5.28. The molecule has 0 aromatic carbocycles. The van der Waals surface area contributed by atoms with Gasteiger partial charge >= 0.3 is 12.0 Å². The molecule has 3 N–H and O–H groups in total. The summed E-state index contributed by atoms with van der Waals surface area (Å²) in [5, 5.41) is 14.3. The molecule has 0 saturated carbocycles. The maximum atomic E-state index is 11.7. The second-order valence-corrected chi connectivity index (χ2v) is 5.28. The number of carboxylic acids is 1. The molecule has 112 valence electrons. The summed E-state index contributed by atoms with van der Waals surface area (Å²) in [5.41, 5.74) is 0. The molecule has 0 aromatic heterocycles. The average molecular weight is 272 g/mol. The van der Waals surface area contributed by atoms with Crippen molar-refractivity contribution in [2.75, 3.05) is 0 Å². The molecule has 19 heavy (non-hydrogen) atoms. The van der Waals surface area contributed by atoms with E-state index in [-0.39, 0.29) is 18.1 Å². The Kier molecular flexibility index (Phi) is 9.00. The number of hydrogen-bond acceptors (Lipinski definition) is 2. The van der Waals surface area contributed by atoms with Crippen LogP contribution in [0.25, 0.3) is 0 Å². The summed E-state index contributed by atoms with van der Waals surface area (Å²) in [5.74, 6) is -1.49. The Morgan fingerprint density at radius 2 is 1.68 bits per heavy atom. The van der Waals surface area contributed by atoms with Gasteiger partial charge in [-0.15, -0.1) is 0 Å². The summed E-state index contributed by atoms with van der Waals surface area (Å²) in [4.78, 5) is 22.4. The van der Waals surface area contributed by atoms with Crippen molar-refractivity contribution in [1.29, 1.82) is 0 Å². The monoisotopic (exact) mass is 272 g/mol. The first kappa shape index (κ1) is 17.7. The Balaban J connectivity index is 3.87. The molecule has 0 aliphatic rings. The number of nitrogens with one attached hydrogen (secondary N) is 2. The molecule has 2 amide bonds. The van der Waals surface area contributed by atoms with Crippen molar-refractivity contribution in [3.63, 3.8) is 0 Å². The number of hydrogen-bond donors (Lipinski definition) is 3. The molecule has 5 nitrogen and oxygen atoms in total. The van der Waals surface area contributed by atoms with Gasteiger partial charge in [-0.05, 0) is 27.2 Å². The third kappa shape index (κ3) is 8.46. The lowest BCUT2D eigenvalue weighted by Gasteiger charge is -2.20. The van der Waals surface area contributed by atoms with Gasteiger partial charge in [-0.3, -0.25) is 4.79 Å². The van der Waals surface area contributed by atoms with Crippen LogP contribution in [0.3, 0.4) is 0 Å². The van der Waals surface area contributed by atoms with Crippen LogP contribution in [-0.2, 0) is 4.79 Å². The van der Waals surface area contributed by atoms with Crippen LogP contribution in [0.15, 0.2) is 0 Å². The highest BCUT2D eigenvalue weighted by Gasteiger charge is 2.21. The van der Waals surface area contributed by atoms with Crippen LogP contribution in [0, 0.1) is 5.92 Å². The molecule has 0 aromatic rings.